The molecule has 0 radical (unpaired) electrons. The van der Waals surface area contributed by atoms with Gasteiger partial charge in [0.1, 0.15) is 17.3 Å². The molecule has 1 aliphatic heterocycles. The van der Waals surface area contributed by atoms with Crippen LogP contribution in [-0.2, 0) is 32.8 Å². The number of hydrogen-bond acceptors (Lipinski definition) is 7. The predicted molar refractivity (Wildman–Crippen MR) is 128 cm³/mol. The lowest BCUT2D eigenvalue weighted by Crippen LogP contribution is -2.52. The number of ketones is 1. The van der Waals surface area contributed by atoms with Crippen molar-refractivity contribution in [3.63, 3.8) is 0 Å². The average molecular weight is 495 g/mol. The second kappa shape index (κ2) is 9.35. The Hall–Kier alpha value is -3.20. The number of carbonyl (C=O) groups excluding carboxylic acids is 2. The molecule has 0 bridgehead atoms. The molecule has 1 saturated carbocycles. The van der Waals surface area contributed by atoms with E-state index in [9.17, 15) is 19.1 Å². The maximum absolute atomic E-state index is 14.6. The Balaban J connectivity index is 1.34. The Morgan fingerprint density at radius 1 is 1.25 bits per heavy atom. The summed E-state index contributed by atoms with van der Waals surface area (Å²) >= 11 is 0. The summed E-state index contributed by atoms with van der Waals surface area (Å²) in [5.41, 5.74) is -1.19. The Bertz CT molecular complexity index is 1240. The molecule has 1 aromatic carbocycles. The molecule has 3 aromatic rings. The number of carbonyl (C=O) groups is 2. The first-order valence-corrected chi connectivity index (χ1v) is 12.6. The van der Waals surface area contributed by atoms with Crippen LogP contribution in [0.3, 0.4) is 0 Å². The van der Waals surface area contributed by atoms with E-state index in [-0.39, 0.29) is 30.1 Å². The zero-order valence-corrected chi connectivity index (χ0v) is 20.6. The molecule has 1 N–H and O–H groups in total. The number of halogens is 1. The normalized spacial score (nSPS) is 23.4. The molecule has 2 atom stereocenters. The van der Waals surface area contributed by atoms with Gasteiger partial charge in [-0.1, -0.05) is 25.0 Å². The number of fused-ring (bicyclic) bond motifs is 1. The molecule has 1 saturated heterocycles. The van der Waals surface area contributed by atoms with Gasteiger partial charge >= 0.3 is 5.97 Å². The van der Waals surface area contributed by atoms with Crippen LogP contribution in [0.25, 0.3) is 5.78 Å². The number of cyclic esters (lactones) is 1. The average Bonchev–Trinajstić information content (AvgIpc) is 3.49. The molecular weight excluding hydrogens is 463 g/mol. The van der Waals surface area contributed by atoms with Gasteiger partial charge in [0.2, 0.25) is 0 Å². The summed E-state index contributed by atoms with van der Waals surface area (Å²) in [6.45, 7) is 3.09. The van der Waals surface area contributed by atoms with Gasteiger partial charge < -0.3 is 9.84 Å². The number of aryl methyl sites for hydroxylation is 1. The van der Waals surface area contributed by atoms with Gasteiger partial charge in [-0.15, -0.1) is 5.10 Å². The van der Waals surface area contributed by atoms with Gasteiger partial charge in [-0.2, -0.15) is 4.98 Å². The number of hydrogen-bond donors (Lipinski definition) is 1. The van der Waals surface area contributed by atoms with Crippen LogP contribution in [0.2, 0.25) is 0 Å². The highest BCUT2D eigenvalue weighted by Crippen LogP contribution is 2.45. The van der Waals surface area contributed by atoms with Gasteiger partial charge in [-0.3, -0.25) is 9.59 Å². The fraction of sp³-hybridized carbons (Fsp3) is 0.519. The summed E-state index contributed by atoms with van der Waals surface area (Å²) in [5.74, 6) is -1.22. The maximum atomic E-state index is 14.6. The summed E-state index contributed by atoms with van der Waals surface area (Å²) in [4.78, 5) is 35.0. The minimum Gasteiger partial charge on any atom is -0.458 e. The highest BCUT2D eigenvalue weighted by molar-refractivity contribution is 6.01. The molecular formula is C27H31FN4O4. The minimum absolute atomic E-state index is 0.0748. The molecule has 2 fully saturated rings. The van der Waals surface area contributed by atoms with Crippen molar-refractivity contribution in [1.82, 2.24) is 19.6 Å². The molecule has 2 aliphatic rings. The molecule has 9 heteroatoms. The van der Waals surface area contributed by atoms with Crippen LogP contribution in [0.4, 0.5) is 4.39 Å². The number of nitrogens with zero attached hydrogens (tertiary/aromatic N) is 4. The van der Waals surface area contributed by atoms with Gasteiger partial charge in [0.25, 0.3) is 5.78 Å². The summed E-state index contributed by atoms with van der Waals surface area (Å²) in [5, 5.41) is 14.5. The van der Waals surface area contributed by atoms with Crippen LogP contribution in [-0.4, -0.2) is 42.0 Å². The van der Waals surface area contributed by atoms with Crippen molar-refractivity contribution in [2.75, 3.05) is 0 Å². The van der Waals surface area contributed by atoms with Gasteiger partial charge in [0.15, 0.2) is 11.6 Å². The Morgan fingerprint density at radius 2 is 2.03 bits per heavy atom. The number of aliphatic hydroxyl groups is 1. The summed E-state index contributed by atoms with van der Waals surface area (Å²) < 4.78 is 22.3. The molecule has 5 rings (SSSR count). The van der Waals surface area contributed by atoms with Gasteiger partial charge in [0.05, 0.1) is 5.60 Å². The van der Waals surface area contributed by atoms with Crippen LogP contribution in [0.15, 0.2) is 36.7 Å². The number of esters is 1. The zero-order chi connectivity index (χ0) is 25.5. The number of aromatic nitrogens is 4. The van der Waals surface area contributed by atoms with Crippen LogP contribution in [0.1, 0.15) is 69.3 Å². The molecule has 2 aromatic heterocycles. The van der Waals surface area contributed by atoms with Crippen molar-refractivity contribution >= 4 is 17.5 Å². The molecule has 36 heavy (non-hydrogen) atoms. The summed E-state index contributed by atoms with van der Waals surface area (Å²) in [6, 6.07) is 6.54. The highest BCUT2D eigenvalue weighted by atomic mass is 19.1. The number of ether oxygens (including phenoxy) is 1. The van der Waals surface area contributed by atoms with Crippen molar-refractivity contribution in [2.24, 2.45) is 11.8 Å². The quantitative estimate of drug-likeness (QED) is 0.394. The standard InChI is InChI=1S/C27H31FN4O4/c1-26(2,35)20-9-8-17(14-21(20)28)10-11-27(18-6-3-4-7-18)16-22(33)19(24(34)36-27)15-23-30-25-29-12-5-13-32(25)31-23/h5,8-9,12-14,18-19,35H,3-4,6-7,10-11,15-16H2,1-2H3. The van der Waals surface area contributed by atoms with Crippen molar-refractivity contribution in [3.05, 3.63) is 59.4 Å². The first-order chi connectivity index (χ1) is 17.1. The van der Waals surface area contributed by atoms with Gasteiger partial charge in [0, 0.05) is 30.8 Å². The molecule has 1 aliphatic carbocycles. The van der Waals surface area contributed by atoms with E-state index < -0.39 is 28.9 Å². The lowest BCUT2D eigenvalue weighted by Gasteiger charge is -2.43. The van der Waals surface area contributed by atoms with E-state index in [1.165, 1.54) is 10.6 Å². The van der Waals surface area contributed by atoms with Crippen LogP contribution in [0.5, 0.6) is 0 Å². The Labute approximate surface area is 208 Å². The van der Waals surface area contributed by atoms with E-state index >= 15 is 0 Å². The fourth-order valence-corrected chi connectivity index (χ4v) is 5.69. The Morgan fingerprint density at radius 3 is 2.69 bits per heavy atom. The van der Waals surface area contributed by atoms with E-state index in [0.29, 0.717) is 24.4 Å². The smallest absolute Gasteiger partial charge is 0.317 e. The SMILES string of the molecule is CC(C)(O)c1ccc(CCC2(C3CCCC3)CC(=O)C(Cc3nc4ncccn4n3)C(=O)O2)cc1F. The lowest BCUT2D eigenvalue weighted by atomic mass is 9.73. The molecule has 190 valence electrons. The van der Waals surface area contributed by atoms with E-state index in [4.69, 9.17) is 4.74 Å². The second-order valence-corrected chi connectivity index (χ2v) is 10.6. The van der Waals surface area contributed by atoms with E-state index in [2.05, 4.69) is 15.1 Å². The molecule has 3 heterocycles. The maximum Gasteiger partial charge on any atom is 0.317 e. The van der Waals surface area contributed by atoms with Gasteiger partial charge in [-0.05, 0) is 63.1 Å². The van der Waals surface area contributed by atoms with E-state index in [0.717, 1.165) is 31.2 Å². The highest BCUT2D eigenvalue weighted by Gasteiger charge is 2.51. The third-order valence-corrected chi connectivity index (χ3v) is 7.63. The van der Waals surface area contributed by atoms with Crippen molar-refractivity contribution in [1.29, 1.82) is 0 Å². The number of benzene rings is 1. The fourth-order valence-electron chi connectivity index (χ4n) is 5.69. The van der Waals surface area contributed by atoms with Gasteiger partial charge in [-0.25, -0.2) is 13.9 Å². The van der Waals surface area contributed by atoms with E-state index in [1.54, 1.807) is 44.4 Å². The third kappa shape index (κ3) is 4.76. The predicted octanol–water partition coefficient (Wildman–Crippen LogP) is 3.73. The summed E-state index contributed by atoms with van der Waals surface area (Å²) in [6.07, 6.45) is 8.31. The topological polar surface area (TPSA) is 107 Å². The van der Waals surface area contributed by atoms with Crippen molar-refractivity contribution < 1.29 is 23.8 Å². The van der Waals surface area contributed by atoms with Crippen molar-refractivity contribution in [2.45, 2.75) is 76.4 Å². The van der Waals surface area contributed by atoms with Crippen LogP contribution < -0.4 is 0 Å². The minimum atomic E-state index is -1.28. The second-order valence-electron chi connectivity index (χ2n) is 10.6. The largest absolute Gasteiger partial charge is 0.458 e. The number of rotatable bonds is 7. The summed E-state index contributed by atoms with van der Waals surface area (Å²) in [7, 11) is 0. The zero-order valence-electron chi connectivity index (χ0n) is 20.6. The molecule has 2 unspecified atom stereocenters. The van der Waals surface area contributed by atoms with Crippen LogP contribution >= 0.6 is 0 Å². The number of Topliss-reactive ketones (excluding diaryl/α,β-unsaturated/α-hetero) is 1. The first-order valence-electron chi connectivity index (χ1n) is 12.6. The van der Waals surface area contributed by atoms with Crippen LogP contribution in [0, 0.1) is 17.7 Å². The molecule has 8 nitrogen and oxygen atoms in total. The van der Waals surface area contributed by atoms with Crippen molar-refractivity contribution in [3.8, 4) is 0 Å². The van der Waals surface area contributed by atoms with E-state index in [1.807, 2.05) is 0 Å². The molecule has 0 amide bonds. The third-order valence-electron chi connectivity index (χ3n) is 7.63. The monoisotopic (exact) mass is 494 g/mol. The molecule has 0 spiro atoms. The first kappa shape index (κ1) is 24.5. The Kier molecular flexibility index (Phi) is 6.36. The lowest BCUT2D eigenvalue weighted by molar-refractivity contribution is -0.185.